The van der Waals surface area contributed by atoms with Crippen LogP contribution in [0.4, 0.5) is 18.9 Å². The Bertz CT molecular complexity index is 1180. The number of hydrogen-bond donors (Lipinski definition) is 1. The zero-order valence-electron chi connectivity index (χ0n) is 18.6. The maximum atomic E-state index is 13.7. The summed E-state index contributed by atoms with van der Waals surface area (Å²) >= 11 is 1.22. The second-order valence-electron chi connectivity index (χ2n) is 8.50. The van der Waals surface area contributed by atoms with Crippen molar-refractivity contribution in [1.29, 1.82) is 0 Å². The summed E-state index contributed by atoms with van der Waals surface area (Å²) in [6.07, 6.45) is -3.64. The predicted octanol–water partition coefficient (Wildman–Crippen LogP) is 6.48. The van der Waals surface area contributed by atoms with E-state index in [4.69, 9.17) is 0 Å². The first-order valence-electron chi connectivity index (χ1n) is 10.1. The van der Waals surface area contributed by atoms with E-state index in [0.717, 1.165) is 11.8 Å². The molecule has 9 heteroatoms. The van der Waals surface area contributed by atoms with Gasteiger partial charge in [-0.2, -0.15) is 18.3 Å². The van der Waals surface area contributed by atoms with Gasteiger partial charge in [-0.25, -0.2) is 4.79 Å². The van der Waals surface area contributed by atoms with Crippen LogP contribution in [0.1, 0.15) is 53.5 Å². The fourth-order valence-electron chi connectivity index (χ4n) is 3.18. The number of rotatable bonds is 6. The van der Waals surface area contributed by atoms with E-state index in [1.165, 1.54) is 47.3 Å². The summed E-state index contributed by atoms with van der Waals surface area (Å²) in [5, 5.41) is 13.3. The quantitative estimate of drug-likeness (QED) is 0.327. The summed E-state index contributed by atoms with van der Waals surface area (Å²) < 4.78 is 42.1. The fraction of sp³-hybridized carbons (Fsp3) is 0.292. The van der Waals surface area contributed by atoms with E-state index in [-0.39, 0.29) is 22.2 Å². The highest BCUT2D eigenvalue weighted by Crippen LogP contribution is 2.36. The molecule has 1 heterocycles. The number of aromatic nitrogens is 2. The number of para-hydroxylation sites is 1. The minimum Gasteiger partial charge on any atom is -0.478 e. The third-order valence-electron chi connectivity index (χ3n) is 4.96. The molecule has 0 aliphatic carbocycles. The number of alkyl halides is 3. The molecule has 5 nitrogen and oxygen atoms in total. The van der Waals surface area contributed by atoms with Crippen LogP contribution < -0.4 is 0 Å². The number of benzene rings is 2. The Kier molecular flexibility index (Phi) is 7.02. The van der Waals surface area contributed by atoms with Gasteiger partial charge in [0.25, 0.3) is 0 Å². The number of hydrogen-bond acceptors (Lipinski definition) is 4. The number of aryl methyl sites for hydroxylation is 1. The van der Waals surface area contributed by atoms with Crippen molar-refractivity contribution in [1.82, 2.24) is 9.78 Å². The molecular weight excluding hydrogens is 451 g/mol. The Morgan fingerprint density at radius 2 is 1.76 bits per heavy atom. The Hall–Kier alpha value is -3.07. The third kappa shape index (κ3) is 5.84. The summed E-state index contributed by atoms with van der Waals surface area (Å²) in [5.74, 6) is -0.772. The van der Waals surface area contributed by atoms with E-state index in [0.29, 0.717) is 10.8 Å². The molecule has 174 valence electrons. The van der Waals surface area contributed by atoms with E-state index in [9.17, 15) is 23.1 Å². The number of nitrogens with zero attached hydrogens (tertiary/aromatic N) is 3. The van der Waals surface area contributed by atoms with Crippen LogP contribution in [-0.2, 0) is 24.4 Å². The lowest BCUT2D eigenvalue weighted by molar-refractivity contribution is -0.141. The molecular formula is C24H24F3N3O2S. The normalized spacial score (nSPS) is 12.5. The summed E-state index contributed by atoms with van der Waals surface area (Å²) in [6, 6.07) is 13.9. The van der Waals surface area contributed by atoms with Crippen LogP contribution in [0.3, 0.4) is 0 Å². The molecule has 0 bridgehead atoms. The highest BCUT2D eigenvalue weighted by Gasteiger charge is 2.38. The Morgan fingerprint density at radius 1 is 1.12 bits per heavy atom. The number of carbonyl (C=O) groups is 1. The number of carboxylic acids is 1. The number of carboxylic acid groups (broad SMARTS) is 1. The SMILES string of the molecule is Cn1nc(C(F)(F)F)c(C=Nc2ccccc2C(=O)O)c1SCc1ccc(C(C)(C)C)cc1. The van der Waals surface area contributed by atoms with Gasteiger partial charge in [0.15, 0.2) is 5.69 Å². The van der Waals surface area contributed by atoms with Crippen LogP contribution in [-0.4, -0.2) is 27.1 Å². The molecule has 0 aliphatic rings. The topological polar surface area (TPSA) is 67.5 Å². The van der Waals surface area contributed by atoms with Gasteiger partial charge in [-0.1, -0.05) is 57.2 Å². The van der Waals surface area contributed by atoms with Gasteiger partial charge in [-0.05, 0) is 28.7 Å². The van der Waals surface area contributed by atoms with Crippen LogP contribution in [0.15, 0.2) is 58.5 Å². The van der Waals surface area contributed by atoms with Gasteiger partial charge in [0.05, 0.1) is 16.8 Å². The molecule has 0 fully saturated rings. The van der Waals surface area contributed by atoms with Crippen LogP contribution in [0, 0.1) is 0 Å². The van der Waals surface area contributed by atoms with Gasteiger partial charge < -0.3 is 5.11 Å². The average Bonchev–Trinajstić information content (AvgIpc) is 3.06. The highest BCUT2D eigenvalue weighted by molar-refractivity contribution is 7.98. The monoisotopic (exact) mass is 475 g/mol. The Morgan fingerprint density at radius 3 is 2.33 bits per heavy atom. The van der Waals surface area contributed by atoms with Gasteiger partial charge in [0.1, 0.15) is 5.03 Å². The van der Waals surface area contributed by atoms with Gasteiger partial charge >= 0.3 is 12.1 Å². The lowest BCUT2D eigenvalue weighted by atomic mass is 9.87. The molecule has 0 unspecified atom stereocenters. The van der Waals surface area contributed by atoms with E-state index in [2.05, 4.69) is 30.9 Å². The van der Waals surface area contributed by atoms with E-state index < -0.39 is 17.8 Å². The van der Waals surface area contributed by atoms with Crippen molar-refractivity contribution in [3.05, 3.63) is 76.5 Å². The second-order valence-corrected chi connectivity index (χ2v) is 9.47. The predicted molar refractivity (Wildman–Crippen MR) is 124 cm³/mol. The van der Waals surface area contributed by atoms with Crippen LogP contribution in [0.25, 0.3) is 0 Å². The first-order valence-corrected chi connectivity index (χ1v) is 11.1. The molecule has 3 rings (SSSR count). The lowest BCUT2D eigenvalue weighted by Crippen LogP contribution is -2.10. The first-order chi connectivity index (χ1) is 15.4. The van der Waals surface area contributed by atoms with E-state index >= 15 is 0 Å². The summed E-state index contributed by atoms with van der Waals surface area (Å²) in [5.41, 5.74) is 0.845. The smallest absolute Gasteiger partial charge is 0.435 e. The highest BCUT2D eigenvalue weighted by atomic mass is 32.2. The molecule has 0 saturated carbocycles. The number of thioether (sulfide) groups is 1. The van der Waals surface area contributed by atoms with E-state index in [1.807, 2.05) is 24.3 Å². The van der Waals surface area contributed by atoms with Crippen molar-refractivity contribution in [2.75, 3.05) is 0 Å². The van der Waals surface area contributed by atoms with Crippen LogP contribution in [0.2, 0.25) is 0 Å². The maximum absolute atomic E-state index is 13.7. The summed E-state index contributed by atoms with van der Waals surface area (Å²) in [7, 11) is 1.45. The van der Waals surface area contributed by atoms with Gasteiger partial charge in [-0.15, -0.1) is 11.8 Å². The van der Waals surface area contributed by atoms with Crippen LogP contribution >= 0.6 is 11.8 Å². The van der Waals surface area contributed by atoms with Crippen molar-refractivity contribution in [3.63, 3.8) is 0 Å². The van der Waals surface area contributed by atoms with Crippen LogP contribution in [0.5, 0.6) is 0 Å². The van der Waals surface area contributed by atoms with Crippen molar-refractivity contribution in [2.45, 2.75) is 43.1 Å². The molecule has 0 radical (unpaired) electrons. The molecule has 0 saturated heterocycles. The third-order valence-corrected chi connectivity index (χ3v) is 6.20. The molecule has 0 aliphatic heterocycles. The van der Waals surface area contributed by atoms with Gasteiger partial charge in [0.2, 0.25) is 0 Å². The van der Waals surface area contributed by atoms with Crippen molar-refractivity contribution in [2.24, 2.45) is 12.0 Å². The number of aromatic carboxylic acids is 1. The molecule has 2 aromatic carbocycles. The molecule has 0 spiro atoms. The zero-order valence-corrected chi connectivity index (χ0v) is 19.5. The zero-order chi connectivity index (χ0) is 24.4. The van der Waals surface area contributed by atoms with Gasteiger partial charge in [0, 0.05) is 19.0 Å². The minimum absolute atomic E-state index is 0.00516. The molecule has 3 aromatic rings. The molecule has 0 atom stereocenters. The Balaban J connectivity index is 1.94. The summed E-state index contributed by atoms with van der Waals surface area (Å²) in [4.78, 5) is 15.5. The first kappa shape index (κ1) is 24.6. The van der Waals surface area contributed by atoms with E-state index in [1.54, 1.807) is 6.07 Å². The van der Waals surface area contributed by atoms with Gasteiger partial charge in [-0.3, -0.25) is 9.67 Å². The number of aliphatic imine (C=N–C) groups is 1. The molecule has 33 heavy (non-hydrogen) atoms. The number of halogens is 3. The lowest BCUT2D eigenvalue weighted by Gasteiger charge is -2.19. The van der Waals surface area contributed by atoms with Crippen molar-refractivity contribution >= 4 is 29.6 Å². The second kappa shape index (κ2) is 9.43. The van der Waals surface area contributed by atoms with Crippen molar-refractivity contribution < 1.29 is 23.1 Å². The average molecular weight is 476 g/mol. The molecule has 1 N–H and O–H groups in total. The Labute approximate surface area is 194 Å². The minimum atomic E-state index is -4.68. The molecule has 0 amide bonds. The fourth-order valence-corrected chi connectivity index (χ4v) is 4.20. The standard InChI is InChI=1S/C24H24F3N3O2S/c1-23(2,3)16-11-9-15(10-12-16)14-33-21-18(20(24(25,26)27)29-30(21)4)13-28-19-8-6-5-7-17(19)22(31)32/h5-13H,14H2,1-4H3,(H,31,32). The van der Waals surface area contributed by atoms with Crippen molar-refractivity contribution in [3.8, 4) is 0 Å². The summed E-state index contributed by atoms with van der Waals surface area (Å²) in [6.45, 7) is 6.33. The largest absolute Gasteiger partial charge is 0.478 e. The molecule has 1 aromatic heterocycles. The maximum Gasteiger partial charge on any atom is 0.435 e.